The molecule has 4 rings (SSSR count). The topological polar surface area (TPSA) is 53.7 Å². The van der Waals surface area contributed by atoms with Gasteiger partial charge in [0, 0.05) is 0 Å². The Hall–Kier alpha value is -2.76. The molecule has 31 heavy (non-hydrogen) atoms. The van der Waals surface area contributed by atoms with E-state index in [2.05, 4.69) is 24.3 Å². The summed E-state index contributed by atoms with van der Waals surface area (Å²) in [6.07, 6.45) is 3.10. The van der Waals surface area contributed by atoms with E-state index in [1.54, 1.807) is 0 Å². The first-order valence-corrected chi connectivity index (χ1v) is 10.7. The van der Waals surface area contributed by atoms with Crippen LogP contribution in [0, 0.1) is 0 Å². The highest BCUT2D eigenvalue weighted by atomic mass is 16.6. The molecule has 1 aliphatic rings. The molecule has 0 fully saturated rings. The molecule has 3 aromatic rings. The lowest BCUT2D eigenvalue weighted by Crippen LogP contribution is -2.53. The van der Waals surface area contributed by atoms with Crippen molar-refractivity contribution in [1.29, 1.82) is 0 Å². The molecule has 0 saturated carbocycles. The molecule has 0 aromatic heterocycles. The summed E-state index contributed by atoms with van der Waals surface area (Å²) in [6.45, 7) is 1.45. The summed E-state index contributed by atoms with van der Waals surface area (Å²) in [5, 5.41) is 0. The molecule has 0 bridgehead atoms. The quantitative estimate of drug-likeness (QED) is 0.517. The van der Waals surface area contributed by atoms with Crippen molar-refractivity contribution in [3.8, 4) is 0 Å². The lowest BCUT2D eigenvalue weighted by molar-refractivity contribution is -0.145. The fraction of sp³-hybridized carbons (Fsp3) is 0.259. The Morgan fingerprint density at radius 2 is 0.935 bits per heavy atom. The standard InChI is InChI=1S/C27H29NO3/c28-24-16-17-25(29-18-21-10-4-1-5-11-21)27(31-20-23-14-8-3-9-15-23)26(24)30-19-22-12-6-2-7-13-22/h1-17,24-27H,18-20,28H2/t24-,25-,26+,27+/m1/s1. The normalized spacial score (nSPS) is 23.0. The highest BCUT2D eigenvalue weighted by molar-refractivity contribution is 5.17. The summed E-state index contributed by atoms with van der Waals surface area (Å²) in [7, 11) is 0. The molecule has 0 heterocycles. The minimum absolute atomic E-state index is 0.246. The Bertz CT molecular complexity index is 930. The molecule has 0 aliphatic heterocycles. The van der Waals surface area contributed by atoms with Crippen LogP contribution >= 0.6 is 0 Å². The van der Waals surface area contributed by atoms with Crippen molar-refractivity contribution in [3.05, 3.63) is 120 Å². The maximum Gasteiger partial charge on any atom is 0.116 e. The second-order valence-corrected chi connectivity index (χ2v) is 7.75. The summed E-state index contributed by atoms with van der Waals surface area (Å²) >= 11 is 0. The van der Waals surface area contributed by atoms with Gasteiger partial charge in [0.2, 0.25) is 0 Å². The molecule has 4 nitrogen and oxygen atoms in total. The molecule has 160 valence electrons. The minimum Gasteiger partial charge on any atom is -0.369 e. The maximum atomic E-state index is 6.42. The molecule has 4 atom stereocenters. The number of hydrogen-bond acceptors (Lipinski definition) is 4. The van der Waals surface area contributed by atoms with E-state index in [0.29, 0.717) is 19.8 Å². The lowest BCUT2D eigenvalue weighted by Gasteiger charge is -2.37. The number of rotatable bonds is 9. The van der Waals surface area contributed by atoms with E-state index in [1.165, 1.54) is 0 Å². The molecule has 0 radical (unpaired) electrons. The highest BCUT2D eigenvalue weighted by Gasteiger charge is 2.37. The molecular weight excluding hydrogens is 386 g/mol. The summed E-state index contributed by atoms with van der Waals surface area (Å²) in [5.74, 6) is 0. The van der Waals surface area contributed by atoms with Gasteiger partial charge in [0.25, 0.3) is 0 Å². The van der Waals surface area contributed by atoms with Crippen molar-refractivity contribution in [1.82, 2.24) is 0 Å². The van der Waals surface area contributed by atoms with Crippen LogP contribution in [0.15, 0.2) is 103 Å². The smallest absolute Gasteiger partial charge is 0.116 e. The predicted molar refractivity (Wildman–Crippen MR) is 122 cm³/mol. The van der Waals surface area contributed by atoms with Gasteiger partial charge in [-0.3, -0.25) is 0 Å². The van der Waals surface area contributed by atoms with Crippen molar-refractivity contribution in [2.45, 2.75) is 44.2 Å². The summed E-state index contributed by atoms with van der Waals surface area (Å²) in [6, 6.07) is 30.1. The monoisotopic (exact) mass is 415 g/mol. The largest absolute Gasteiger partial charge is 0.369 e. The van der Waals surface area contributed by atoms with E-state index in [4.69, 9.17) is 19.9 Å². The summed E-state index contributed by atoms with van der Waals surface area (Å²) < 4.78 is 18.9. The third kappa shape index (κ3) is 6.12. The zero-order valence-corrected chi connectivity index (χ0v) is 17.5. The second kappa shape index (κ2) is 11.0. The molecule has 0 saturated heterocycles. The predicted octanol–water partition coefficient (Wildman–Crippen LogP) is 4.64. The van der Waals surface area contributed by atoms with Crippen LogP contribution in [0.4, 0.5) is 0 Å². The number of ether oxygens (including phenoxy) is 3. The van der Waals surface area contributed by atoms with Gasteiger partial charge in [0.1, 0.15) is 18.3 Å². The van der Waals surface area contributed by atoms with Crippen molar-refractivity contribution in [2.24, 2.45) is 5.73 Å². The zero-order valence-electron chi connectivity index (χ0n) is 17.5. The van der Waals surface area contributed by atoms with Crippen molar-refractivity contribution in [2.75, 3.05) is 0 Å². The first kappa shape index (κ1) is 21.5. The third-order valence-electron chi connectivity index (χ3n) is 5.41. The molecule has 0 unspecified atom stereocenters. The van der Waals surface area contributed by atoms with Crippen LogP contribution in [0.2, 0.25) is 0 Å². The van der Waals surface area contributed by atoms with Gasteiger partial charge in [0.05, 0.1) is 25.9 Å². The van der Waals surface area contributed by atoms with Crippen LogP contribution in [-0.4, -0.2) is 24.4 Å². The van der Waals surface area contributed by atoms with Gasteiger partial charge in [-0.1, -0.05) is 103 Å². The van der Waals surface area contributed by atoms with Crippen molar-refractivity contribution >= 4 is 0 Å². The Morgan fingerprint density at radius 1 is 0.516 bits per heavy atom. The van der Waals surface area contributed by atoms with E-state index in [1.807, 2.05) is 78.9 Å². The Balaban J connectivity index is 1.48. The highest BCUT2D eigenvalue weighted by Crippen LogP contribution is 2.24. The van der Waals surface area contributed by atoms with Crippen LogP contribution in [0.25, 0.3) is 0 Å². The van der Waals surface area contributed by atoms with E-state index in [-0.39, 0.29) is 24.4 Å². The zero-order chi connectivity index (χ0) is 21.3. The molecule has 1 aliphatic carbocycles. The van der Waals surface area contributed by atoms with E-state index >= 15 is 0 Å². The van der Waals surface area contributed by atoms with Gasteiger partial charge in [-0.15, -0.1) is 0 Å². The molecular formula is C27H29NO3. The fourth-order valence-electron chi connectivity index (χ4n) is 3.71. The van der Waals surface area contributed by atoms with E-state index in [0.717, 1.165) is 16.7 Å². The van der Waals surface area contributed by atoms with Crippen LogP contribution in [0.1, 0.15) is 16.7 Å². The number of nitrogens with two attached hydrogens (primary N) is 1. The summed E-state index contributed by atoms with van der Waals surface area (Å²) in [4.78, 5) is 0. The number of benzene rings is 3. The first-order chi connectivity index (χ1) is 15.3. The van der Waals surface area contributed by atoms with E-state index in [9.17, 15) is 0 Å². The molecule has 2 N–H and O–H groups in total. The van der Waals surface area contributed by atoms with Crippen molar-refractivity contribution < 1.29 is 14.2 Å². The Morgan fingerprint density at radius 3 is 1.42 bits per heavy atom. The second-order valence-electron chi connectivity index (χ2n) is 7.75. The van der Waals surface area contributed by atoms with Crippen LogP contribution in [0.5, 0.6) is 0 Å². The van der Waals surface area contributed by atoms with Gasteiger partial charge >= 0.3 is 0 Å². The van der Waals surface area contributed by atoms with Gasteiger partial charge in [-0.05, 0) is 16.7 Å². The minimum atomic E-state index is -0.312. The van der Waals surface area contributed by atoms with Crippen LogP contribution in [-0.2, 0) is 34.0 Å². The van der Waals surface area contributed by atoms with Gasteiger partial charge in [-0.2, -0.15) is 0 Å². The summed E-state index contributed by atoms with van der Waals surface area (Å²) in [5.41, 5.74) is 9.75. The van der Waals surface area contributed by atoms with Crippen LogP contribution in [0.3, 0.4) is 0 Å². The Labute approximate surface area is 184 Å². The van der Waals surface area contributed by atoms with Gasteiger partial charge < -0.3 is 19.9 Å². The van der Waals surface area contributed by atoms with Crippen LogP contribution < -0.4 is 5.73 Å². The SMILES string of the molecule is N[C@@H]1C=C[C@@H](OCc2ccccc2)[C@H](OCc2ccccc2)[C@H]1OCc1ccccc1. The van der Waals surface area contributed by atoms with Crippen molar-refractivity contribution in [3.63, 3.8) is 0 Å². The number of hydrogen-bond donors (Lipinski definition) is 1. The maximum absolute atomic E-state index is 6.42. The first-order valence-electron chi connectivity index (χ1n) is 10.7. The average Bonchev–Trinajstić information content (AvgIpc) is 2.83. The average molecular weight is 416 g/mol. The molecule has 0 amide bonds. The van der Waals surface area contributed by atoms with E-state index < -0.39 is 0 Å². The molecule has 4 heteroatoms. The Kier molecular flexibility index (Phi) is 7.64. The molecule has 0 spiro atoms. The van der Waals surface area contributed by atoms with Gasteiger partial charge in [0.15, 0.2) is 0 Å². The fourth-order valence-corrected chi connectivity index (χ4v) is 3.71. The third-order valence-corrected chi connectivity index (χ3v) is 5.41. The molecule has 3 aromatic carbocycles. The lowest BCUT2D eigenvalue weighted by atomic mass is 9.94. The van der Waals surface area contributed by atoms with Gasteiger partial charge in [-0.25, -0.2) is 0 Å².